The van der Waals surface area contributed by atoms with Gasteiger partial charge in [0, 0.05) is 12.2 Å². The first-order valence-electron chi connectivity index (χ1n) is 5.61. The zero-order valence-electron chi connectivity index (χ0n) is 9.96. The van der Waals surface area contributed by atoms with Crippen LogP contribution in [0, 0.1) is 0 Å². The highest BCUT2D eigenvalue weighted by Gasteiger charge is 2.13. The fourth-order valence-electron chi connectivity index (χ4n) is 1.69. The second kappa shape index (κ2) is 5.64. The summed E-state index contributed by atoms with van der Waals surface area (Å²) in [6.07, 6.45) is 3.53. The predicted molar refractivity (Wildman–Crippen MR) is 70.9 cm³/mol. The van der Waals surface area contributed by atoms with Crippen LogP contribution in [0.1, 0.15) is 22.8 Å². The molecule has 0 saturated carbocycles. The second-order valence-corrected chi connectivity index (χ2v) is 4.88. The van der Waals surface area contributed by atoms with Gasteiger partial charge in [-0.05, 0) is 41.8 Å². The Morgan fingerprint density at radius 1 is 1.56 bits per heavy atom. The van der Waals surface area contributed by atoms with E-state index in [0.29, 0.717) is 0 Å². The van der Waals surface area contributed by atoms with E-state index in [1.165, 1.54) is 24.0 Å². The molecule has 1 atom stereocenters. The predicted octanol–water partition coefficient (Wildman–Crippen LogP) is 2.21. The van der Waals surface area contributed by atoms with Crippen molar-refractivity contribution in [3.63, 3.8) is 0 Å². The van der Waals surface area contributed by atoms with E-state index in [0.717, 1.165) is 6.42 Å². The van der Waals surface area contributed by atoms with E-state index in [2.05, 4.69) is 15.7 Å². The lowest BCUT2D eigenvalue weighted by Crippen LogP contribution is -2.34. The van der Waals surface area contributed by atoms with Gasteiger partial charge in [-0.1, -0.05) is 0 Å². The monoisotopic (exact) mass is 262 g/mol. The van der Waals surface area contributed by atoms with Crippen LogP contribution in [0.5, 0.6) is 5.75 Å². The van der Waals surface area contributed by atoms with Gasteiger partial charge in [0.25, 0.3) is 5.91 Å². The van der Waals surface area contributed by atoms with E-state index >= 15 is 0 Å². The average molecular weight is 262 g/mol. The van der Waals surface area contributed by atoms with Crippen LogP contribution in [-0.2, 0) is 6.42 Å². The summed E-state index contributed by atoms with van der Waals surface area (Å²) in [5.41, 5.74) is 1.45. The molecule has 2 N–H and O–H groups in total. The van der Waals surface area contributed by atoms with Crippen molar-refractivity contribution in [2.75, 3.05) is 0 Å². The molecular formula is C13H14N2O2S. The molecule has 2 aromatic heterocycles. The van der Waals surface area contributed by atoms with Crippen molar-refractivity contribution < 1.29 is 9.90 Å². The van der Waals surface area contributed by atoms with Crippen LogP contribution in [0.4, 0.5) is 0 Å². The standard InChI is InChI=1S/C13H14N2O2S/c1-9(6-10-3-5-18-8-10)15-13(17)11-2-4-14-7-12(11)16/h2-5,7-9,16H,6H2,1H3,(H,15,17). The lowest BCUT2D eigenvalue weighted by Gasteiger charge is -2.13. The maximum atomic E-state index is 11.9. The first-order chi connectivity index (χ1) is 8.66. The summed E-state index contributed by atoms with van der Waals surface area (Å²) in [6, 6.07) is 3.55. The zero-order chi connectivity index (χ0) is 13.0. The molecule has 0 bridgehead atoms. The van der Waals surface area contributed by atoms with Crippen LogP contribution >= 0.6 is 11.3 Å². The number of pyridine rings is 1. The fraction of sp³-hybridized carbons (Fsp3) is 0.231. The maximum Gasteiger partial charge on any atom is 0.255 e. The number of aromatic hydroxyl groups is 1. The van der Waals surface area contributed by atoms with Gasteiger partial charge in [-0.2, -0.15) is 11.3 Å². The Morgan fingerprint density at radius 2 is 2.39 bits per heavy atom. The van der Waals surface area contributed by atoms with E-state index in [1.54, 1.807) is 11.3 Å². The van der Waals surface area contributed by atoms with Crippen LogP contribution in [-0.4, -0.2) is 22.0 Å². The normalized spacial score (nSPS) is 12.1. The smallest absolute Gasteiger partial charge is 0.255 e. The Hall–Kier alpha value is -1.88. The quantitative estimate of drug-likeness (QED) is 0.888. The van der Waals surface area contributed by atoms with Crippen LogP contribution in [0.3, 0.4) is 0 Å². The third-order valence-electron chi connectivity index (χ3n) is 2.54. The van der Waals surface area contributed by atoms with E-state index in [9.17, 15) is 9.90 Å². The topological polar surface area (TPSA) is 62.2 Å². The number of carbonyl (C=O) groups excluding carboxylic acids is 1. The van der Waals surface area contributed by atoms with Crippen molar-refractivity contribution in [2.45, 2.75) is 19.4 Å². The summed E-state index contributed by atoms with van der Waals surface area (Å²) in [7, 11) is 0. The van der Waals surface area contributed by atoms with Crippen LogP contribution < -0.4 is 5.32 Å². The van der Waals surface area contributed by atoms with Gasteiger partial charge in [0.2, 0.25) is 0 Å². The van der Waals surface area contributed by atoms with E-state index in [4.69, 9.17) is 0 Å². The Balaban J connectivity index is 1.97. The van der Waals surface area contributed by atoms with Gasteiger partial charge in [-0.25, -0.2) is 0 Å². The number of nitrogens with zero attached hydrogens (tertiary/aromatic N) is 1. The van der Waals surface area contributed by atoms with Crippen molar-refractivity contribution in [2.24, 2.45) is 0 Å². The van der Waals surface area contributed by atoms with E-state index in [-0.39, 0.29) is 23.3 Å². The van der Waals surface area contributed by atoms with E-state index < -0.39 is 0 Å². The molecule has 5 heteroatoms. The summed E-state index contributed by atoms with van der Waals surface area (Å²) in [5.74, 6) is -0.379. The Morgan fingerprint density at radius 3 is 3.06 bits per heavy atom. The second-order valence-electron chi connectivity index (χ2n) is 4.10. The van der Waals surface area contributed by atoms with Gasteiger partial charge in [0.05, 0.1) is 11.8 Å². The van der Waals surface area contributed by atoms with Crippen molar-refractivity contribution in [1.29, 1.82) is 0 Å². The number of thiophene rings is 1. The maximum absolute atomic E-state index is 11.9. The van der Waals surface area contributed by atoms with Crippen molar-refractivity contribution in [1.82, 2.24) is 10.3 Å². The molecule has 2 rings (SSSR count). The Kier molecular flexibility index (Phi) is 3.94. The highest BCUT2D eigenvalue weighted by Crippen LogP contribution is 2.14. The summed E-state index contributed by atoms with van der Waals surface area (Å²) in [6.45, 7) is 1.94. The highest BCUT2D eigenvalue weighted by atomic mass is 32.1. The number of hydrogen-bond donors (Lipinski definition) is 2. The van der Waals surface area contributed by atoms with Gasteiger partial charge < -0.3 is 10.4 Å². The third-order valence-corrected chi connectivity index (χ3v) is 3.28. The number of amides is 1. The largest absolute Gasteiger partial charge is 0.505 e. The van der Waals surface area contributed by atoms with Gasteiger partial charge in [-0.3, -0.25) is 9.78 Å². The summed E-state index contributed by atoms with van der Waals surface area (Å²) in [4.78, 5) is 15.6. The van der Waals surface area contributed by atoms with Crippen LogP contribution in [0.25, 0.3) is 0 Å². The molecule has 2 aromatic rings. The minimum atomic E-state index is -0.280. The molecule has 0 aromatic carbocycles. The fourth-order valence-corrected chi connectivity index (χ4v) is 2.37. The lowest BCUT2D eigenvalue weighted by molar-refractivity contribution is 0.0937. The minimum absolute atomic E-state index is 0.0136. The number of hydrogen-bond acceptors (Lipinski definition) is 4. The van der Waals surface area contributed by atoms with Gasteiger partial charge in [0.15, 0.2) is 0 Å². The SMILES string of the molecule is CC(Cc1ccsc1)NC(=O)c1ccncc1O. The number of nitrogens with one attached hydrogen (secondary N) is 1. The Bertz CT molecular complexity index is 526. The molecule has 0 radical (unpaired) electrons. The van der Waals surface area contributed by atoms with Gasteiger partial charge in [-0.15, -0.1) is 0 Å². The summed E-state index contributed by atoms with van der Waals surface area (Å²) >= 11 is 1.64. The molecule has 0 saturated heterocycles. The molecule has 0 aliphatic carbocycles. The molecular weight excluding hydrogens is 248 g/mol. The molecule has 0 aliphatic heterocycles. The summed E-state index contributed by atoms with van der Waals surface area (Å²) in [5, 5.41) is 16.5. The van der Waals surface area contributed by atoms with Crippen molar-refractivity contribution in [3.05, 3.63) is 46.4 Å². The molecule has 94 valence electrons. The number of aromatic nitrogens is 1. The van der Waals surface area contributed by atoms with Crippen molar-refractivity contribution in [3.8, 4) is 5.75 Å². The average Bonchev–Trinajstić information content (AvgIpc) is 2.82. The Labute approximate surface area is 109 Å². The molecule has 0 fully saturated rings. The molecule has 1 unspecified atom stereocenters. The molecule has 0 aliphatic rings. The molecule has 4 nitrogen and oxygen atoms in total. The van der Waals surface area contributed by atoms with Crippen LogP contribution in [0.2, 0.25) is 0 Å². The van der Waals surface area contributed by atoms with Crippen LogP contribution in [0.15, 0.2) is 35.3 Å². The molecule has 1 amide bonds. The van der Waals surface area contributed by atoms with E-state index in [1.807, 2.05) is 18.4 Å². The first-order valence-corrected chi connectivity index (χ1v) is 6.56. The van der Waals surface area contributed by atoms with Crippen molar-refractivity contribution >= 4 is 17.2 Å². The number of rotatable bonds is 4. The lowest BCUT2D eigenvalue weighted by atomic mass is 10.1. The van der Waals surface area contributed by atoms with Gasteiger partial charge >= 0.3 is 0 Å². The summed E-state index contributed by atoms with van der Waals surface area (Å²) < 4.78 is 0. The third kappa shape index (κ3) is 3.07. The molecule has 0 spiro atoms. The highest BCUT2D eigenvalue weighted by molar-refractivity contribution is 7.07. The zero-order valence-corrected chi connectivity index (χ0v) is 10.8. The minimum Gasteiger partial charge on any atom is -0.505 e. The molecule has 18 heavy (non-hydrogen) atoms. The first kappa shape index (κ1) is 12.6. The van der Waals surface area contributed by atoms with Gasteiger partial charge in [0.1, 0.15) is 5.75 Å². The number of carbonyl (C=O) groups is 1. The molecule has 2 heterocycles.